The Morgan fingerprint density at radius 3 is 2.31 bits per heavy atom. The van der Waals surface area contributed by atoms with Crippen molar-refractivity contribution in [3.63, 3.8) is 0 Å². The number of carbonyl (C=O) groups is 2. The van der Waals surface area contributed by atoms with Gasteiger partial charge in [0.15, 0.2) is 0 Å². The number of hydrogen-bond acceptors (Lipinski definition) is 5. The molecule has 0 spiro atoms. The SMILES string of the molecule is O=C([O-])C1COCCN1C(=O)OCC1c2ccccc2-c2ccccc21. The number of nitrogens with zero attached hydrogens (tertiary/aromatic N) is 1. The largest absolute Gasteiger partial charge is 0.548 e. The van der Waals surface area contributed by atoms with Crippen LogP contribution in [0.4, 0.5) is 4.79 Å². The Labute approximate surface area is 151 Å². The van der Waals surface area contributed by atoms with Gasteiger partial charge in [0.1, 0.15) is 6.61 Å². The molecule has 134 valence electrons. The Morgan fingerprint density at radius 1 is 1.08 bits per heavy atom. The topological polar surface area (TPSA) is 78.9 Å². The van der Waals surface area contributed by atoms with E-state index in [9.17, 15) is 14.7 Å². The number of carboxylic acids is 1. The lowest BCUT2D eigenvalue weighted by Gasteiger charge is -2.35. The number of carboxylic acid groups (broad SMARTS) is 1. The maximum atomic E-state index is 12.5. The van der Waals surface area contributed by atoms with Gasteiger partial charge in [0.25, 0.3) is 0 Å². The first-order chi connectivity index (χ1) is 12.7. The molecule has 6 heteroatoms. The molecule has 1 aliphatic heterocycles. The molecule has 26 heavy (non-hydrogen) atoms. The first kappa shape index (κ1) is 16.6. The van der Waals surface area contributed by atoms with Gasteiger partial charge in [-0.2, -0.15) is 0 Å². The van der Waals surface area contributed by atoms with E-state index in [1.807, 2.05) is 36.4 Å². The van der Waals surface area contributed by atoms with Gasteiger partial charge in [0, 0.05) is 12.5 Å². The molecule has 6 nitrogen and oxygen atoms in total. The Bertz CT molecular complexity index is 804. The maximum Gasteiger partial charge on any atom is 0.410 e. The van der Waals surface area contributed by atoms with Crippen LogP contribution in [-0.2, 0) is 14.3 Å². The van der Waals surface area contributed by atoms with Crippen LogP contribution in [-0.4, -0.2) is 49.4 Å². The van der Waals surface area contributed by atoms with Gasteiger partial charge >= 0.3 is 6.09 Å². The van der Waals surface area contributed by atoms with Gasteiger partial charge in [0.2, 0.25) is 0 Å². The van der Waals surface area contributed by atoms with Crippen molar-refractivity contribution in [2.75, 3.05) is 26.4 Å². The van der Waals surface area contributed by atoms with Gasteiger partial charge in [-0.1, -0.05) is 48.5 Å². The fourth-order valence-corrected chi connectivity index (χ4v) is 3.69. The standard InChI is InChI=1S/C20H19NO5/c22-19(23)18-12-25-10-9-21(18)20(24)26-11-17-15-7-3-1-5-13(15)14-6-2-4-8-16(14)17/h1-8,17-18H,9-12H2,(H,22,23)/p-1. The second kappa shape index (κ2) is 6.80. The predicted molar refractivity (Wildman–Crippen MR) is 91.4 cm³/mol. The van der Waals surface area contributed by atoms with E-state index in [0.29, 0.717) is 0 Å². The average molecular weight is 352 g/mol. The van der Waals surface area contributed by atoms with Crippen LogP contribution < -0.4 is 5.11 Å². The van der Waals surface area contributed by atoms with E-state index >= 15 is 0 Å². The van der Waals surface area contributed by atoms with Crippen molar-refractivity contribution in [3.05, 3.63) is 59.7 Å². The van der Waals surface area contributed by atoms with Crippen LogP contribution in [0.3, 0.4) is 0 Å². The highest BCUT2D eigenvalue weighted by Crippen LogP contribution is 2.44. The Morgan fingerprint density at radius 2 is 1.69 bits per heavy atom. The van der Waals surface area contributed by atoms with Crippen molar-refractivity contribution in [1.82, 2.24) is 4.90 Å². The Balaban J connectivity index is 1.53. The van der Waals surface area contributed by atoms with Crippen molar-refractivity contribution in [3.8, 4) is 11.1 Å². The third-order valence-electron chi connectivity index (χ3n) is 4.97. The van der Waals surface area contributed by atoms with Crippen LogP contribution in [0.5, 0.6) is 0 Å². The van der Waals surface area contributed by atoms with E-state index in [4.69, 9.17) is 9.47 Å². The molecule has 2 aromatic rings. The van der Waals surface area contributed by atoms with Crippen molar-refractivity contribution < 1.29 is 24.2 Å². The number of carbonyl (C=O) groups excluding carboxylic acids is 2. The summed E-state index contributed by atoms with van der Waals surface area (Å²) >= 11 is 0. The number of amides is 1. The molecule has 1 fully saturated rings. The Kier molecular flexibility index (Phi) is 4.34. The molecule has 1 atom stereocenters. The summed E-state index contributed by atoms with van der Waals surface area (Å²) in [4.78, 5) is 24.8. The molecule has 0 bridgehead atoms. The van der Waals surface area contributed by atoms with Gasteiger partial charge in [-0.05, 0) is 22.3 Å². The van der Waals surface area contributed by atoms with E-state index in [1.54, 1.807) is 0 Å². The summed E-state index contributed by atoms with van der Waals surface area (Å²) in [5, 5.41) is 11.2. The summed E-state index contributed by atoms with van der Waals surface area (Å²) in [6.07, 6.45) is -0.649. The first-order valence-corrected chi connectivity index (χ1v) is 8.57. The number of rotatable bonds is 3. The summed E-state index contributed by atoms with van der Waals surface area (Å²) in [5.41, 5.74) is 4.51. The number of aliphatic carboxylic acids is 1. The molecule has 2 aliphatic rings. The summed E-state index contributed by atoms with van der Waals surface area (Å²) in [6, 6.07) is 15.0. The molecule has 1 heterocycles. The molecule has 1 saturated heterocycles. The van der Waals surface area contributed by atoms with Crippen molar-refractivity contribution >= 4 is 12.1 Å². The first-order valence-electron chi connectivity index (χ1n) is 8.57. The smallest absolute Gasteiger partial charge is 0.410 e. The zero-order valence-electron chi connectivity index (χ0n) is 14.1. The van der Waals surface area contributed by atoms with Gasteiger partial charge in [-0.3, -0.25) is 4.90 Å². The monoisotopic (exact) mass is 352 g/mol. The molecule has 1 amide bonds. The second-order valence-electron chi connectivity index (χ2n) is 6.41. The van der Waals surface area contributed by atoms with Crippen LogP contribution in [0.2, 0.25) is 0 Å². The van der Waals surface area contributed by atoms with Gasteiger partial charge in [-0.25, -0.2) is 4.79 Å². The zero-order chi connectivity index (χ0) is 18.1. The molecule has 0 radical (unpaired) electrons. The third-order valence-corrected chi connectivity index (χ3v) is 4.97. The average Bonchev–Trinajstić information content (AvgIpc) is 3.00. The molecule has 0 saturated carbocycles. The van der Waals surface area contributed by atoms with Crippen molar-refractivity contribution in [2.45, 2.75) is 12.0 Å². The van der Waals surface area contributed by atoms with Crippen molar-refractivity contribution in [1.29, 1.82) is 0 Å². The van der Waals surface area contributed by atoms with E-state index in [-0.39, 0.29) is 32.3 Å². The lowest BCUT2D eigenvalue weighted by Crippen LogP contribution is -2.57. The molecule has 2 aromatic carbocycles. The van der Waals surface area contributed by atoms with Crippen molar-refractivity contribution in [2.24, 2.45) is 0 Å². The molecule has 1 aliphatic carbocycles. The van der Waals surface area contributed by atoms with E-state index < -0.39 is 18.1 Å². The third kappa shape index (κ3) is 2.82. The van der Waals surface area contributed by atoms with E-state index in [1.165, 1.54) is 4.90 Å². The predicted octanol–water partition coefficient (Wildman–Crippen LogP) is 1.39. The molecule has 4 rings (SSSR count). The fraction of sp³-hybridized carbons (Fsp3) is 0.300. The summed E-state index contributed by atoms with van der Waals surface area (Å²) in [6.45, 7) is 0.541. The highest BCUT2D eigenvalue weighted by atomic mass is 16.6. The maximum absolute atomic E-state index is 12.5. The fourth-order valence-electron chi connectivity index (χ4n) is 3.69. The number of hydrogen-bond donors (Lipinski definition) is 0. The minimum absolute atomic E-state index is 0.0613. The molecule has 1 unspecified atom stereocenters. The second-order valence-corrected chi connectivity index (χ2v) is 6.41. The van der Waals surface area contributed by atoms with Gasteiger partial charge in [0.05, 0.1) is 25.2 Å². The summed E-state index contributed by atoms with van der Waals surface area (Å²) in [7, 11) is 0. The number of morpholine rings is 1. The minimum Gasteiger partial charge on any atom is -0.548 e. The van der Waals surface area contributed by atoms with Gasteiger partial charge in [-0.15, -0.1) is 0 Å². The summed E-state index contributed by atoms with van der Waals surface area (Å²) < 4.78 is 10.6. The van der Waals surface area contributed by atoms with Crippen LogP contribution in [0.15, 0.2) is 48.5 Å². The molecular weight excluding hydrogens is 334 g/mol. The summed E-state index contributed by atoms with van der Waals surface area (Å²) in [5.74, 6) is -1.40. The molecular formula is C20H18NO5-. The highest BCUT2D eigenvalue weighted by molar-refractivity contribution is 5.80. The normalized spacial score (nSPS) is 18.9. The lowest BCUT2D eigenvalue weighted by atomic mass is 9.98. The highest BCUT2D eigenvalue weighted by Gasteiger charge is 2.32. The number of benzene rings is 2. The minimum atomic E-state index is -1.33. The number of fused-ring (bicyclic) bond motifs is 3. The zero-order valence-corrected chi connectivity index (χ0v) is 14.1. The van der Waals surface area contributed by atoms with Crippen LogP contribution in [0.1, 0.15) is 17.0 Å². The quantitative estimate of drug-likeness (QED) is 0.834. The van der Waals surface area contributed by atoms with Crippen LogP contribution in [0, 0.1) is 0 Å². The molecule has 0 N–H and O–H groups in total. The lowest BCUT2D eigenvalue weighted by molar-refractivity contribution is -0.313. The van der Waals surface area contributed by atoms with Gasteiger partial charge < -0.3 is 19.4 Å². The molecule has 0 aromatic heterocycles. The van der Waals surface area contributed by atoms with E-state index in [0.717, 1.165) is 22.3 Å². The van der Waals surface area contributed by atoms with Crippen LogP contribution >= 0.6 is 0 Å². The number of ether oxygens (including phenoxy) is 2. The van der Waals surface area contributed by atoms with Crippen LogP contribution in [0.25, 0.3) is 11.1 Å². The van der Waals surface area contributed by atoms with E-state index in [2.05, 4.69) is 12.1 Å². The Hall–Kier alpha value is -2.86.